The molecular weight excluding hydrogens is 364 g/mol. The lowest BCUT2D eigenvalue weighted by Crippen LogP contribution is -2.47. The van der Waals surface area contributed by atoms with Gasteiger partial charge in [0.05, 0.1) is 13.2 Å². The molecule has 0 bridgehead atoms. The van der Waals surface area contributed by atoms with E-state index in [2.05, 4.69) is 27.2 Å². The molecule has 1 unspecified atom stereocenters. The maximum absolute atomic E-state index is 13.0. The van der Waals surface area contributed by atoms with Crippen molar-refractivity contribution in [3.8, 4) is 0 Å². The van der Waals surface area contributed by atoms with Crippen molar-refractivity contribution in [2.75, 3.05) is 37.7 Å². The Balaban J connectivity index is 1.34. The lowest BCUT2D eigenvalue weighted by atomic mass is 9.94. The van der Waals surface area contributed by atoms with Crippen molar-refractivity contribution in [2.45, 2.75) is 18.9 Å². The number of benzene rings is 1. The maximum Gasteiger partial charge on any atom is 0.225 e. The van der Waals surface area contributed by atoms with Crippen molar-refractivity contribution in [1.82, 2.24) is 15.1 Å². The number of anilines is 1. The molecule has 1 atom stereocenters. The second kappa shape index (κ2) is 8.23. The molecule has 0 saturated carbocycles. The molecule has 2 aliphatic rings. The van der Waals surface area contributed by atoms with E-state index in [1.807, 2.05) is 29.2 Å². The fraction of sp³-hybridized carbons (Fsp3) is 0.450. The number of hydrogen-bond acceptors (Lipinski definition) is 5. The predicted molar refractivity (Wildman–Crippen MR) is 104 cm³/mol. The summed E-state index contributed by atoms with van der Waals surface area (Å²) in [6, 6.07) is 13.8. The number of carbonyl (C=O) groups is 1. The highest BCUT2D eigenvalue weighted by Crippen LogP contribution is 2.27. The molecule has 7 heteroatoms. The molecule has 1 amide bonds. The van der Waals surface area contributed by atoms with Crippen molar-refractivity contribution < 1.29 is 9.53 Å². The number of morpholine rings is 1. The summed E-state index contributed by atoms with van der Waals surface area (Å²) in [7, 11) is 0. The smallest absolute Gasteiger partial charge is 0.225 e. The van der Waals surface area contributed by atoms with Gasteiger partial charge in [-0.05, 0) is 30.5 Å². The van der Waals surface area contributed by atoms with Crippen LogP contribution in [0, 0.1) is 5.92 Å². The summed E-state index contributed by atoms with van der Waals surface area (Å²) in [6.07, 6.45) is 1.63. The normalized spacial score (nSPS) is 21.3. The van der Waals surface area contributed by atoms with E-state index in [4.69, 9.17) is 16.3 Å². The van der Waals surface area contributed by atoms with Gasteiger partial charge >= 0.3 is 0 Å². The van der Waals surface area contributed by atoms with Crippen LogP contribution in [-0.2, 0) is 9.53 Å². The Kier molecular flexibility index (Phi) is 5.55. The molecule has 0 spiro atoms. The SMILES string of the molecule is O=C(C1CCN(c2ccc(Cl)nn2)CC1)N1CCOC(c2ccccc2)C1. The summed E-state index contributed by atoms with van der Waals surface area (Å²) in [4.78, 5) is 17.2. The molecule has 1 aromatic carbocycles. The summed E-state index contributed by atoms with van der Waals surface area (Å²) in [5.41, 5.74) is 1.13. The summed E-state index contributed by atoms with van der Waals surface area (Å²) >= 11 is 5.80. The molecular formula is C20H23ClN4O2. The monoisotopic (exact) mass is 386 g/mol. The quantitative estimate of drug-likeness (QED) is 0.811. The Hall–Kier alpha value is -2.18. The number of rotatable bonds is 3. The number of amides is 1. The molecule has 0 N–H and O–H groups in total. The summed E-state index contributed by atoms with van der Waals surface area (Å²) in [6.45, 7) is 3.50. The van der Waals surface area contributed by atoms with E-state index in [1.54, 1.807) is 6.07 Å². The first-order valence-corrected chi connectivity index (χ1v) is 9.78. The van der Waals surface area contributed by atoms with E-state index < -0.39 is 0 Å². The number of aromatic nitrogens is 2. The highest BCUT2D eigenvalue weighted by atomic mass is 35.5. The second-order valence-corrected chi connectivity index (χ2v) is 7.42. The Morgan fingerprint density at radius 1 is 1.04 bits per heavy atom. The molecule has 4 rings (SSSR count). The third kappa shape index (κ3) is 4.22. The van der Waals surface area contributed by atoms with E-state index in [9.17, 15) is 4.79 Å². The molecule has 142 valence electrons. The molecule has 2 aliphatic heterocycles. The molecule has 6 nitrogen and oxygen atoms in total. The fourth-order valence-corrected chi connectivity index (χ4v) is 3.91. The van der Waals surface area contributed by atoms with Crippen molar-refractivity contribution in [2.24, 2.45) is 5.92 Å². The standard InChI is InChI=1S/C20H23ClN4O2/c21-18-6-7-19(23-22-18)24-10-8-16(9-11-24)20(26)25-12-13-27-17(14-25)15-4-2-1-3-5-15/h1-7,16-17H,8-14H2. The molecule has 2 aromatic rings. The molecule has 27 heavy (non-hydrogen) atoms. The lowest BCUT2D eigenvalue weighted by Gasteiger charge is -2.38. The van der Waals surface area contributed by atoms with Crippen LogP contribution in [0.15, 0.2) is 42.5 Å². The first kappa shape index (κ1) is 18.2. The minimum Gasteiger partial charge on any atom is -0.370 e. The molecule has 2 saturated heterocycles. The summed E-state index contributed by atoms with van der Waals surface area (Å²) < 4.78 is 5.89. The Morgan fingerprint density at radius 2 is 1.81 bits per heavy atom. The highest BCUT2D eigenvalue weighted by molar-refractivity contribution is 6.29. The van der Waals surface area contributed by atoms with Gasteiger partial charge in [0.2, 0.25) is 5.91 Å². The van der Waals surface area contributed by atoms with E-state index in [0.29, 0.717) is 24.8 Å². The van der Waals surface area contributed by atoms with Gasteiger partial charge in [0.15, 0.2) is 11.0 Å². The van der Waals surface area contributed by atoms with Gasteiger partial charge in [-0.15, -0.1) is 10.2 Å². The van der Waals surface area contributed by atoms with Crippen LogP contribution in [0.1, 0.15) is 24.5 Å². The third-order valence-electron chi connectivity index (χ3n) is 5.34. The second-order valence-electron chi connectivity index (χ2n) is 7.03. The number of halogens is 1. The van der Waals surface area contributed by atoms with Crippen molar-refractivity contribution >= 4 is 23.3 Å². The van der Waals surface area contributed by atoms with Gasteiger partial charge in [0.1, 0.15) is 6.10 Å². The van der Waals surface area contributed by atoms with Crippen molar-refractivity contribution in [1.29, 1.82) is 0 Å². The number of carbonyl (C=O) groups excluding carboxylic acids is 1. The summed E-state index contributed by atoms with van der Waals surface area (Å²) in [5.74, 6) is 1.14. The number of ether oxygens (including phenoxy) is 1. The van der Waals surface area contributed by atoms with Gasteiger partial charge < -0.3 is 14.5 Å². The van der Waals surface area contributed by atoms with Crippen LogP contribution in [0.4, 0.5) is 5.82 Å². The zero-order valence-corrected chi connectivity index (χ0v) is 15.9. The maximum atomic E-state index is 13.0. The molecule has 2 fully saturated rings. The van der Waals surface area contributed by atoms with Crippen LogP contribution in [0.25, 0.3) is 0 Å². The van der Waals surface area contributed by atoms with Crippen molar-refractivity contribution in [3.63, 3.8) is 0 Å². The van der Waals surface area contributed by atoms with Gasteiger partial charge in [0.25, 0.3) is 0 Å². The van der Waals surface area contributed by atoms with Crippen LogP contribution in [0.2, 0.25) is 5.15 Å². The minimum absolute atomic E-state index is 0.0340. The van der Waals surface area contributed by atoms with E-state index in [1.165, 1.54) is 0 Å². The molecule has 0 aliphatic carbocycles. The zero-order chi connectivity index (χ0) is 18.6. The van der Waals surface area contributed by atoms with Crippen LogP contribution >= 0.6 is 11.6 Å². The largest absolute Gasteiger partial charge is 0.370 e. The fourth-order valence-electron chi connectivity index (χ4n) is 3.81. The van der Waals surface area contributed by atoms with Gasteiger partial charge in [-0.2, -0.15) is 0 Å². The van der Waals surface area contributed by atoms with Crippen LogP contribution in [0.3, 0.4) is 0 Å². The van der Waals surface area contributed by atoms with Gasteiger partial charge in [0, 0.05) is 25.6 Å². The molecule has 1 aromatic heterocycles. The Morgan fingerprint density at radius 3 is 2.52 bits per heavy atom. The topological polar surface area (TPSA) is 58.6 Å². The van der Waals surface area contributed by atoms with Crippen LogP contribution in [0.5, 0.6) is 0 Å². The van der Waals surface area contributed by atoms with Gasteiger partial charge in [-0.25, -0.2) is 0 Å². The molecule has 3 heterocycles. The average molecular weight is 387 g/mol. The van der Waals surface area contributed by atoms with E-state index in [0.717, 1.165) is 37.3 Å². The highest BCUT2D eigenvalue weighted by Gasteiger charge is 2.32. The molecule has 0 radical (unpaired) electrons. The number of hydrogen-bond donors (Lipinski definition) is 0. The number of piperidine rings is 1. The van der Waals surface area contributed by atoms with E-state index >= 15 is 0 Å². The van der Waals surface area contributed by atoms with Crippen LogP contribution in [-0.4, -0.2) is 53.8 Å². The van der Waals surface area contributed by atoms with Crippen molar-refractivity contribution in [3.05, 3.63) is 53.2 Å². The first-order chi connectivity index (χ1) is 13.2. The van der Waals surface area contributed by atoms with Crippen LogP contribution < -0.4 is 4.90 Å². The zero-order valence-electron chi connectivity index (χ0n) is 15.1. The Bertz CT molecular complexity index is 763. The average Bonchev–Trinajstić information content (AvgIpc) is 2.75. The third-order valence-corrected chi connectivity index (χ3v) is 5.54. The van der Waals surface area contributed by atoms with E-state index in [-0.39, 0.29) is 17.9 Å². The predicted octanol–water partition coefficient (Wildman–Crippen LogP) is 2.95. The Labute approximate surface area is 164 Å². The van der Waals surface area contributed by atoms with Gasteiger partial charge in [-0.1, -0.05) is 41.9 Å². The van der Waals surface area contributed by atoms with Gasteiger partial charge in [-0.3, -0.25) is 4.79 Å². The lowest BCUT2D eigenvalue weighted by molar-refractivity contribution is -0.144. The number of nitrogens with zero attached hydrogens (tertiary/aromatic N) is 4. The summed E-state index contributed by atoms with van der Waals surface area (Å²) in [5, 5.41) is 8.43. The first-order valence-electron chi connectivity index (χ1n) is 9.40. The minimum atomic E-state index is -0.0340.